The summed E-state index contributed by atoms with van der Waals surface area (Å²) >= 11 is 0. The molecule has 1 aliphatic rings. The number of ether oxygens (including phenoxy) is 2. The molecule has 1 aromatic rings. The zero-order valence-corrected chi connectivity index (χ0v) is 11.3. The Bertz CT molecular complexity index is 388. The van der Waals surface area contributed by atoms with Gasteiger partial charge in [-0.05, 0) is 18.9 Å². The summed E-state index contributed by atoms with van der Waals surface area (Å²) < 4.78 is 10.5. The second kappa shape index (κ2) is 7.26. The summed E-state index contributed by atoms with van der Waals surface area (Å²) in [4.78, 5) is 12.0. The molecule has 0 bridgehead atoms. The summed E-state index contributed by atoms with van der Waals surface area (Å²) in [6.07, 6.45) is 0.908. The van der Waals surface area contributed by atoms with E-state index in [-0.39, 0.29) is 17.9 Å². The molecule has 1 aliphatic heterocycles. The first-order valence-electron chi connectivity index (χ1n) is 6.83. The second-order valence-corrected chi connectivity index (χ2v) is 4.72. The van der Waals surface area contributed by atoms with Crippen molar-refractivity contribution in [2.24, 2.45) is 5.92 Å². The van der Waals surface area contributed by atoms with Crippen molar-refractivity contribution in [3.63, 3.8) is 0 Å². The molecule has 0 amide bonds. The van der Waals surface area contributed by atoms with Crippen LogP contribution in [0.2, 0.25) is 0 Å². The molecule has 0 saturated carbocycles. The van der Waals surface area contributed by atoms with Crippen LogP contribution in [0.15, 0.2) is 30.3 Å². The van der Waals surface area contributed by atoms with Crippen molar-refractivity contribution < 1.29 is 14.3 Å². The highest BCUT2D eigenvalue weighted by Crippen LogP contribution is 2.18. The van der Waals surface area contributed by atoms with E-state index in [1.807, 2.05) is 37.3 Å². The number of carbonyl (C=O) groups excluding carboxylic acids is 1. The van der Waals surface area contributed by atoms with Gasteiger partial charge in [-0.15, -0.1) is 0 Å². The number of esters is 1. The van der Waals surface area contributed by atoms with Gasteiger partial charge in [0.15, 0.2) is 0 Å². The molecule has 0 radical (unpaired) electrons. The molecule has 19 heavy (non-hydrogen) atoms. The summed E-state index contributed by atoms with van der Waals surface area (Å²) in [6.45, 7) is 4.27. The predicted octanol–water partition coefficient (Wildman–Crippen LogP) is 1.74. The van der Waals surface area contributed by atoms with Crippen LogP contribution in [0, 0.1) is 5.92 Å². The molecule has 2 rings (SSSR count). The smallest absolute Gasteiger partial charge is 0.323 e. The highest BCUT2D eigenvalue weighted by Gasteiger charge is 2.31. The largest absolute Gasteiger partial charge is 0.465 e. The molecule has 1 heterocycles. The minimum absolute atomic E-state index is 0.172. The van der Waals surface area contributed by atoms with Gasteiger partial charge in [0.05, 0.1) is 13.2 Å². The Morgan fingerprint density at radius 2 is 2.26 bits per heavy atom. The highest BCUT2D eigenvalue weighted by molar-refractivity contribution is 5.76. The molecule has 4 nitrogen and oxygen atoms in total. The van der Waals surface area contributed by atoms with Gasteiger partial charge >= 0.3 is 5.97 Å². The second-order valence-electron chi connectivity index (χ2n) is 4.72. The molecule has 1 fully saturated rings. The fourth-order valence-electron chi connectivity index (χ4n) is 2.31. The van der Waals surface area contributed by atoms with E-state index >= 15 is 0 Å². The summed E-state index contributed by atoms with van der Waals surface area (Å²) in [5.41, 5.74) is 1.16. The average molecular weight is 263 g/mol. The van der Waals surface area contributed by atoms with Gasteiger partial charge in [-0.2, -0.15) is 0 Å². The Kier molecular flexibility index (Phi) is 5.36. The number of hydrogen-bond donors (Lipinski definition) is 1. The highest BCUT2D eigenvalue weighted by atomic mass is 16.5. The number of nitrogens with one attached hydrogen (secondary N) is 1. The summed E-state index contributed by atoms with van der Waals surface area (Å²) in [6, 6.07) is 9.78. The molecule has 1 aromatic carbocycles. The molecule has 0 aliphatic carbocycles. The fourth-order valence-corrected chi connectivity index (χ4v) is 2.31. The fraction of sp³-hybridized carbons (Fsp3) is 0.533. The summed E-state index contributed by atoms with van der Waals surface area (Å²) in [5, 5.41) is 3.31. The third-order valence-electron chi connectivity index (χ3n) is 3.35. The van der Waals surface area contributed by atoms with Crippen molar-refractivity contribution in [3.8, 4) is 0 Å². The Balaban J connectivity index is 1.95. The van der Waals surface area contributed by atoms with Crippen molar-refractivity contribution in [1.82, 2.24) is 5.32 Å². The molecule has 2 atom stereocenters. The van der Waals surface area contributed by atoms with Crippen molar-refractivity contribution in [3.05, 3.63) is 35.9 Å². The molecule has 4 heteroatoms. The molecule has 0 spiro atoms. The Hall–Kier alpha value is -1.39. The van der Waals surface area contributed by atoms with Crippen LogP contribution in [-0.2, 0) is 20.8 Å². The SMILES string of the molecule is CCOC(=O)C(NCc1ccccc1)C1CCOC1. The van der Waals surface area contributed by atoms with Gasteiger partial charge in [0.25, 0.3) is 0 Å². The summed E-state index contributed by atoms with van der Waals surface area (Å²) in [7, 11) is 0. The first-order chi connectivity index (χ1) is 9.31. The van der Waals surface area contributed by atoms with E-state index in [9.17, 15) is 4.79 Å². The molecule has 0 aromatic heterocycles. The van der Waals surface area contributed by atoms with Gasteiger partial charge in [0.2, 0.25) is 0 Å². The molecular formula is C15H21NO3. The molecule has 1 saturated heterocycles. The Labute approximate surface area is 114 Å². The van der Waals surface area contributed by atoms with Gasteiger partial charge in [0.1, 0.15) is 6.04 Å². The first-order valence-corrected chi connectivity index (χ1v) is 6.83. The van der Waals surface area contributed by atoms with Crippen LogP contribution in [0.4, 0.5) is 0 Å². The third kappa shape index (κ3) is 4.04. The van der Waals surface area contributed by atoms with Crippen LogP contribution in [-0.4, -0.2) is 31.8 Å². The quantitative estimate of drug-likeness (QED) is 0.794. The summed E-state index contributed by atoms with van der Waals surface area (Å²) in [5.74, 6) is 0.0386. The van der Waals surface area contributed by atoms with Crippen LogP contribution in [0.1, 0.15) is 18.9 Å². The number of carbonyl (C=O) groups is 1. The van der Waals surface area contributed by atoms with E-state index in [1.54, 1.807) is 0 Å². The number of benzene rings is 1. The maximum absolute atomic E-state index is 12.0. The third-order valence-corrected chi connectivity index (χ3v) is 3.35. The first kappa shape index (κ1) is 14.0. The number of hydrogen-bond acceptors (Lipinski definition) is 4. The lowest BCUT2D eigenvalue weighted by atomic mass is 9.99. The maximum Gasteiger partial charge on any atom is 0.323 e. The van der Waals surface area contributed by atoms with E-state index in [2.05, 4.69) is 5.32 Å². The minimum atomic E-state index is -0.275. The van der Waals surface area contributed by atoms with Crippen molar-refractivity contribution in [2.45, 2.75) is 25.9 Å². The zero-order chi connectivity index (χ0) is 13.5. The monoisotopic (exact) mass is 263 g/mol. The van der Waals surface area contributed by atoms with Crippen LogP contribution < -0.4 is 5.32 Å². The normalized spacial score (nSPS) is 20.2. The van der Waals surface area contributed by atoms with Crippen LogP contribution >= 0.6 is 0 Å². The lowest BCUT2D eigenvalue weighted by Crippen LogP contribution is -2.44. The van der Waals surface area contributed by atoms with Gasteiger partial charge in [-0.25, -0.2) is 0 Å². The molecule has 1 N–H and O–H groups in total. The van der Waals surface area contributed by atoms with Crippen molar-refractivity contribution in [2.75, 3.05) is 19.8 Å². The van der Waals surface area contributed by atoms with Gasteiger partial charge < -0.3 is 9.47 Å². The molecule has 2 unspecified atom stereocenters. The lowest BCUT2D eigenvalue weighted by Gasteiger charge is -2.22. The topological polar surface area (TPSA) is 47.6 Å². The molecular weight excluding hydrogens is 242 g/mol. The van der Waals surface area contributed by atoms with Gasteiger partial charge in [-0.3, -0.25) is 10.1 Å². The van der Waals surface area contributed by atoms with Crippen LogP contribution in [0.5, 0.6) is 0 Å². The average Bonchev–Trinajstić information content (AvgIpc) is 2.94. The van der Waals surface area contributed by atoms with E-state index in [0.29, 0.717) is 19.8 Å². The van der Waals surface area contributed by atoms with Crippen molar-refractivity contribution >= 4 is 5.97 Å². The Morgan fingerprint density at radius 3 is 2.89 bits per heavy atom. The van der Waals surface area contributed by atoms with Gasteiger partial charge in [-0.1, -0.05) is 30.3 Å². The van der Waals surface area contributed by atoms with Gasteiger partial charge in [0, 0.05) is 19.1 Å². The van der Waals surface area contributed by atoms with Crippen molar-refractivity contribution in [1.29, 1.82) is 0 Å². The van der Waals surface area contributed by atoms with Crippen LogP contribution in [0.3, 0.4) is 0 Å². The number of rotatable bonds is 6. The zero-order valence-electron chi connectivity index (χ0n) is 11.3. The van der Waals surface area contributed by atoms with E-state index in [4.69, 9.17) is 9.47 Å². The standard InChI is InChI=1S/C15H21NO3/c1-2-19-15(17)14(13-8-9-18-11-13)16-10-12-6-4-3-5-7-12/h3-7,13-14,16H,2,8-11H2,1H3. The molecule has 104 valence electrons. The Morgan fingerprint density at radius 1 is 1.47 bits per heavy atom. The minimum Gasteiger partial charge on any atom is -0.465 e. The van der Waals surface area contributed by atoms with Crippen LogP contribution in [0.25, 0.3) is 0 Å². The van der Waals surface area contributed by atoms with E-state index in [1.165, 1.54) is 0 Å². The predicted molar refractivity (Wildman–Crippen MR) is 72.6 cm³/mol. The lowest BCUT2D eigenvalue weighted by molar-refractivity contribution is -0.147. The maximum atomic E-state index is 12.0. The van der Waals surface area contributed by atoms with E-state index in [0.717, 1.165) is 18.6 Å². The van der Waals surface area contributed by atoms with E-state index < -0.39 is 0 Å².